The molecule has 5 heteroatoms. The van der Waals surface area contributed by atoms with E-state index in [9.17, 15) is 9.18 Å². The number of carbonyl (C=O) groups excluding carboxylic acids is 1. The van der Waals surface area contributed by atoms with E-state index >= 15 is 0 Å². The molecule has 1 unspecified atom stereocenters. The Balaban J connectivity index is 2.19. The molecule has 104 valence electrons. The second-order valence-corrected chi connectivity index (χ2v) is 5.02. The summed E-state index contributed by atoms with van der Waals surface area (Å²) >= 11 is 0. The van der Waals surface area contributed by atoms with Crippen LogP contribution in [0.15, 0.2) is 30.7 Å². The van der Waals surface area contributed by atoms with Crippen LogP contribution in [-0.2, 0) is 16.8 Å². The number of hydrogen-bond donors (Lipinski definition) is 0. The number of benzene rings is 1. The van der Waals surface area contributed by atoms with Crippen molar-refractivity contribution in [2.45, 2.75) is 25.3 Å². The van der Waals surface area contributed by atoms with Crippen LogP contribution in [0.2, 0.25) is 0 Å². The number of ether oxygens (including phenoxy) is 1. The van der Waals surface area contributed by atoms with Crippen LogP contribution < -0.4 is 4.74 Å². The number of aryl methyl sites for hydroxylation is 1. The number of ketones is 1. The highest BCUT2D eigenvalue weighted by Crippen LogP contribution is 2.40. The van der Waals surface area contributed by atoms with Gasteiger partial charge in [-0.2, -0.15) is 0 Å². The highest BCUT2D eigenvalue weighted by atomic mass is 19.1. The minimum atomic E-state index is -0.848. The summed E-state index contributed by atoms with van der Waals surface area (Å²) < 4.78 is 20.8. The predicted octanol–water partition coefficient (Wildman–Crippen LogP) is 2.31. The van der Waals surface area contributed by atoms with Crippen molar-refractivity contribution in [3.63, 3.8) is 0 Å². The standard InChI is InChI=1S/C15H15FN2O2/c1-10(19)15(6-5-12-8-17-9-18(12)15)11-3-4-14(20-2)13(16)7-11/h3-4,7-9H,5-6H2,1-2H3. The third-order valence-corrected chi connectivity index (χ3v) is 4.08. The Bertz CT molecular complexity index is 680. The van der Waals surface area contributed by atoms with E-state index in [0.29, 0.717) is 12.0 Å². The van der Waals surface area contributed by atoms with Crippen LogP contribution in [0.4, 0.5) is 4.39 Å². The van der Waals surface area contributed by atoms with Gasteiger partial charge in [-0.25, -0.2) is 9.37 Å². The van der Waals surface area contributed by atoms with Crippen molar-refractivity contribution in [1.29, 1.82) is 0 Å². The topological polar surface area (TPSA) is 44.1 Å². The molecule has 0 N–H and O–H groups in total. The van der Waals surface area contributed by atoms with Crippen LogP contribution in [0.25, 0.3) is 0 Å². The number of rotatable bonds is 3. The van der Waals surface area contributed by atoms with E-state index in [-0.39, 0.29) is 11.5 Å². The molecule has 0 bridgehead atoms. The summed E-state index contributed by atoms with van der Waals surface area (Å²) in [5.74, 6) is -0.297. The summed E-state index contributed by atoms with van der Waals surface area (Å²) in [6, 6.07) is 4.69. The van der Waals surface area contributed by atoms with Gasteiger partial charge in [0, 0.05) is 11.9 Å². The van der Waals surface area contributed by atoms with Crippen molar-refractivity contribution in [3.05, 3.63) is 47.8 Å². The Morgan fingerprint density at radius 2 is 2.30 bits per heavy atom. The lowest BCUT2D eigenvalue weighted by Gasteiger charge is -2.29. The number of halogens is 1. The van der Waals surface area contributed by atoms with Gasteiger partial charge in [-0.05, 0) is 37.5 Å². The average Bonchev–Trinajstić information content (AvgIpc) is 3.00. The quantitative estimate of drug-likeness (QED) is 0.862. The molecule has 2 aromatic rings. The van der Waals surface area contributed by atoms with Gasteiger partial charge in [0.15, 0.2) is 17.3 Å². The second kappa shape index (κ2) is 4.44. The maximum Gasteiger partial charge on any atom is 0.165 e. The Hall–Kier alpha value is -2.17. The maximum absolute atomic E-state index is 14.0. The summed E-state index contributed by atoms with van der Waals surface area (Å²) in [5.41, 5.74) is 0.787. The fraction of sp³-hybridized carbons (Fsp3) is 0.333. The van der Waals surface area contributed by atoms with Gasteiger partial charge in [0.2, 0.25) is 0 Å². The number of fused-ring (bicyclic) bond motifs is 1. The van der Waals surface area contributed by atoms with Gasteiger partial charge >= 0.3 is 0 Å². The summed E-state index contributed by atoms with van der Waals surface area (Å²) in [4.78, 5) is 16.4. The highest BCUT2D eigenvalue weighted by Gasteiger charge is 2.44. The Morgan fingerprint density at radius 1 is 1.50 bits per heavy atom. The molecule has 2 heterocycles. The van der Waals surface area contributed by atoms with Gasteiger partial charge in [-0.1, -0.05) is 6.07 Å². The fourth-order valence-electron chi connectivity index (χ4n) is 3.04. The van der Waals surface area contributed by atoms with Crippen LogP contribution in [0.3, 0.4) is 0 Å². The largest absolute Gasteiger partial charge is 0.494 e. The minimum Gasteiger partial charge on any atom is -0.494 e. The summed E-state index contributed by atoms with van der Waals surface area (Å²) in [7, 11) is 1.42. The molecule has 0 amide bonds. The monoisotopic (exact) mass is 274 g/mol. The highest BCUT2D eigenvalue weighted by molar-refractivity contribution is 5.88. The first kappa shape index (κ1) is 12.8. The second-order valence-electron chi connectivity index (χ2n) is 5.02. The molecule has 1 aromatic heterocycles. The molecule has 0 radical (unpaired) electrons. The van der Waals surface area contributed by atoms with E-state index in [2.05, 4.69) is 4.98 Å². The van der Waals surface area contributed by atoms with Gasteiger partial charge < -0.3 is 9.30 Å². The summed E-state index contributed by atoms with van der Waals surface area (Å²) in [5, 5.41) is 0. The molecule has 0 aliphatic carbocycles. The number of hydrogen-bond acceptors (Lipinski definition) is 3. The third-order valence-electron chi connectivity index (χ3n) is 4.08. The van der Waals surface area contributed by atoms with Crippen molar-refractivity contribution < 1.29 is 13.9 Å². The predicted molar refractivity (Wildman–Crippen MR) is 71.3 cm³/mol. The van der Waals surface area contributed by atoms with Crippen molar-refractivity contribution in [2.75, 3.05) is 7.11 Å². The molecular formula is C15H15FN2O2. The lowest BCUT2D eigenvalue weighted by atomic mass is 9.84. The van der Waals surface area contributed by atoms with Gasteiger partial charge in [0.25, 0.3) is 0 Å². The van der Waals surface area contributed by atoms with E-state index in [0.717, 1.165) is 12.1 Å². The van der Waals surface area contributed by atoms with E-state index in [1.807, 2.05) is 4.57 Å². The first-order chi connectivity index (χ1) is 9.59. The molecule has 4 nitrogen and oxygen atoms in total. The number of nitrogens with zero attached hydrogens (tertiary/aromatic N) is 2. The molecule has 0 spiro atoms. The minimum absolute atomic E-state index is 0.0150. The fourth-order valence-corrected chi connectivity index (χ4v) is 3.04. The number of imidazole rings is 1. The molecule has 1 atom stereocenters. The van der Waals surface area contributed by atoms with Gasteiger partial charge in [0.05, 0.1) is 13.4 Å². The molecule has 0 saturated carbocycles. The zero-order valence-corrected chi connectivity index (χ0v) is 11.4. The van der Waals surface area contributed by atoms with Gasteiger partial charge in [-0.15, -0.1) is 0 Å². The van der Waals surface area contributed by atoms with E-state index in [4.69, 9.17) is 4.74 Å². The van der Waals surface area contributed by atoms with Crippen LogP contribution in [-0.4, -0.2) is 22.4 Å². The SMILES string of the molecule is COc1ccc(C2(C(C)=O)CCc3cncn32)cc1F. The lowest BCUT2D eigenvalue weighted by molar-refractivity contribution is -0.123. The molecule has 3 rings (SSSR count). The average molecular weight is 274 g/mol. The maximum atomic E-state index is 14.0. The Labute approximate surface area is 116 Å². The Morgan fingerprint density at radius 3 is 2.95 bits per heavy atom. The van der Waals surface area contributed by atoms with Gasteiger partial charge in [-0.3, -0.25) is 4.79 Å². The van der Waals surface area contributed by atoms with Crippen LogP contribution in [0.5, 0.6) is 5.75 Å². The van der Waals surface area contributed by atoms with Crippen LogP contribution >= 0.6 is 0 Å². The molecule has 20 heavy (non-hydrogen) atoms. The zero-order chi connectivity index (χ0) is 14.3. The van der Waals surface area contributed by atoms with E-state index in [1.165, 1.54) is 20.1 Å². The van der Waals surface area contributed by atoms with Crippen molar-refractivity contribution in [2.24, 2.45) is 0 Å². The molecule has 0 saturated heterocycles. The van der Waals surface area contributed by atoms with E-state index in [1.54, 1.807) is 24.7 Å². The molecule has 1 aliphatic heterocycles. The van der Waals surface area contributed by atoms with Crippen molar-refractivity contribution in [3.8, 4) is 5.75 Å². The number of methoxy groups -OCH3 is 1. The number of aromatic nitrogens is 2. The smallest absolute Gasteiger partial charge is 0.165 e. The zero-order valence-electron chi connectivity index (χ0n) is 11.4. The summed E-state index contributed by atoms with van der Waals surface area (Å²) in [6.07, 6.45) is 4.79. The lowest BCUT2D eigenvalue weighted by Crippen LogP contribution is -2.38. The first-order valence-electron chi connectivity index (χ1n) is 6.46. The Kier molecular flexibility index (Phi) is 2.85. The van der Waals surface area contributed by atoms with Crippen LogP contribution in [0, 0.1) is 5.82 Å². The van der Waals surface area contributed by atoms with Crippen molar-refractivity contribution >= 4 is 5.78 Å². The molecular weight excluding hydrogens is 259 g/mol. The normalized spacial score (nSPS) is 20.8. The number of carbonyl (C=O) groups is 1. The van der Waals surface area contributed by atoms with Gasteiger partial charge in [0.1, 0.15) is 5.54 Å². The molecule has 1 aromatic carbocycles. The first-order valence-corrected chi connectivity index (χ1v) is 6.46. The molecule has 0 fully saturated rings. The number of Topliss-reactive ketones (excluding diaryl/α,β-unsaturated/α-hetero) is 1. The summed E-state index contributed by atoms with van der Waals surface area (Å²) in [6.45, 7) is 1.54. The van der Waals surface area contributed by atoms with Crippen molar-refractivity contribution in [1.82, 2.24) is 9.55 Å². The van der Waals surface area contributed by atoms with Crippen LogP contribution in [0.1, 0.15) is 24.6 Å². The molecule has 1 aliphatic rings. The third kappa shape index (κ3) is 1.59. The van der Waals surface area contributed by atoms with E-state index < -0.39 is 11.4 Å².